The van der Waals surface area contributed by atoms with Gasteiger partial charge in [-0.3, -0.25) is 20.4 Å². The minimum absolute atomic E-state index is 0.0290. The molecule has 1 aromatic heterocycles. The number of hydrogen-bond acceptors (Lipinski definition) is 7. The molecule has 0 aliphatic heterocycles. The largest absolute Gasteiger partial charge is 0.444 e. The molecule has 0 aliphatic rings. The van der Waals surface area contributed by atoms with Crippen molar-refractivity contribution in [2.24, 2.45) is 0 Å². The Balaban J connectivity index is 1.92. The van der Waals surface area contributed by atoms with Gasteiger partial charge >= 0.3 is 12.3 Å². The third-order valence-corrected chi connectivity index (χ3v) is 4.08. The van der Waals surface area contributed by atoms with Gasteiger partial charge in [0.05, 0.1) is 5.56 Å². The Morgan fingerprint density at radius 3 is 2.21 bits per heavy atom. The van der Waals surface area contributed by atoms with Crippen molar-refractivity contribution in [1.82, 2.24) is 25.7 Å². The third kappa shape index (κ3) is 8.22. The Labute approximate surface area is 193 Å². The maximum atomic E-state index is 12.7. The summed E-state index contributed by atoms with van der Waals surface area (Å²) < 4.78 is 43.3. The number of rotatable bonds is 6. The molecule has 0 bridgehead atoms. The Morgan fingerprint density at radius 2 is 1.62 bits per heavy atom. The number of aromatic nitrogens is 2. The molecule has 2 rings (SSSR count). The molecular weight excluding hydrogens is 457 g/mol. The van der Waals surface area contributed by atoms with Gasteiger partial charge < -0.3 is 15.0 Å². The number of benzene rings is 1. The van der Waals surface area contributed by atoms with Gasteiger partial charge in [-0.25, -0.2) is 14.8 Å². The second-order valence-corrected chi connectivity index (χ2v) is 8.11. The van der Waals surface area contributed by atoms with Gasteiger partial charge in [0.1, 0.15) is 5.60 Å². The van der Waals surface area contributed by atoms with Crippen molar-refractivity contribution in [3.8, 4) is 0 Å². The first-order valence-electron chi connectivity index (χ1n) is 10.0. The van der Waals surface area contributed by atoms with Crippen LogP contribution in [-0.4, -0.2) is 52.0 Å². The Hall–Kier alpha value is -3.90. The lowest BCUT2D eigenvalue weighted by molar-refractivity contribution is -0.137. The standard InChI is InChI=1S/C21H25F3N6O4/c1-20(2,3)34-19(33)30(4)12-9-15(31)28-29-18(32)16-17(26-11-10-25-16)27-14-7-5-13(6-8-14)21(22,23)24/h5-8,10-11H,9,12H2,1-4H3,(H,26,27)(H,28,31)(H,29,32). The van der Waals surface area contributed by atoms with E-state index in [-0.39, 0.29) is 30.2 Å². The fourth-order valence-corrected chi connectivity index (χ4v) is 2.42. The van der Waals surface area contributed by atoms with Gasteiger partial charge in [0, 0.05) is 38.1 Å². The number of carbonyl (C=O) groups is 3. The van der Waals surface area contributed by atoms with E-state index in [2.05, 4.69) is 26.1 Å². The van der Waals surface area contributed by atoms with Gasteiger partial charge in [0.25, 0.3) is 5.91 Å². The summed E-state index contributed by atoms with van der Waals surface area (Å²) in [5, 5.41) is 2.72. The summed E-state index contributed by atoms with van der Waals surface area (Å²) in [6.45, 7) is 5.19. The number of nitrogens with zero attached hydrogens (tertiary/aromatic N) is 3. The molecule has 1 aromatic carbocycles. The SMILES string of the molecule is CN(CCC(=O)NNC(=O)c1nccnc1Nc1ccc(C(F)(F)F)cc1)C(=O)OC(C)(C)C. The van der Waals surface area contributed by atoms with Gasteiger partial charge in [-0.1, -0.05) is 0 Å². The van der Waals surface area contributed by atoms with Crippen LogP contribution in [0.25, 0.3) is 0 Å². The molecule has 1 heterocycles. The molecule has 13 heteroatoms. The van der Waals surface area contributed by atoms with Crippen LogP contribution in [0.2, 0.25) is 0 Å². The lowest BCUT2D eigenvalue weighted by atomic mass is 10.2. The van der Waals surface area contributed by atoms with Crippen LogP contribution in [0, 0.1) is 0 Å². The zero-order chi connectivity index (χ0) is 25.5. The predicted molar refractivity (Wildman–Crippen MR) is 116 cm³/mol. The molecule has 0 aliphatic carbocycles. The predicted octanol–water partition coefficient (Wildman–Crippen LogP) is 3.26. The highest BCUT2D eigenvalue weighted by Gasteiger charge is 2.30. The summed E-state index contributed by atoms with van der Waals surface area (Å²) >= 11 is 0. The Kier molecular flexibility index (Phi) is 8.38. The van der Waals surface area contributed by atoms with Crippen molar-refractivity contribution < 1.29 is 32.3 Å². The molecular formula is C21H25F3N6O4. The maximum Gasteiger partial charge on any atom is 0.416 e. The number of amides is 3. The number of halogens is 3. The number of nitrogens with one attached hydrogen (secondary N) is 3. The van der Waals surface area contributed by atoms with Crippen molar-refractivity contribution >= 4 is 29.4 Å². The lowest BCUT2D eigenvalue weighted by Crippen LogP contribution is -2.43. The van der Waals surface area contributed by atoms with Crippen LogP contribution in [0.5, 0.6) is 0 Å². The summed E-state index contributed by atoms with van der Waals surface area (Å²) in [6.07, 6.45) is -2.66. The molecule has 34 heavy (non-hydrogen) atoms. The summed E-state index contributed by atoms with van der Waals surface area (Å²) in [7, 11) is 1.47. The number of ether oxygens (including phenoxy) is 1. The van der Waals surface area contributed by atoms with Crippen LogP contribution < -0.4 is 16.2 Å². The van der Waals surface area contributed by atoms with E-state index in [4.69, 9.17) is 4.74 Å². The van der Waals surface area contributed by atoms with Crippen molar-refractivity contribution in [2.45, 2.75) is 39.0 Å². The zero-order valence-electron chi connectivity index (χ0n) is 19.0. The summed E-state index contributed by atoms with van der Waals surface area (Å²) in [4.78, 5) is 45.5. The molecule has 0 saturated heterocycles. The molecule has 10 nitrogen and oxygen atoms in total. The topological polar surface area (TPSA) is 126 Å². The monoisotopic (exact) mass is 482 g/mol. The smallest absolute Gasteiger partial charge is 0.416 e. The molecule has 0 spiro atoms. The first-order valence-corrected chi connectivity index (χ1v) is 10.0. The zero-order valence-corrected chi connectivity index (χ0v) is 19.0. The fraction of sp³-hybridized carbons (Fsp3) is 0.381. The maximum absolute atomic E-state index is 12.7. The van der Waals surface area contributed by atoms with Gasteiger partial charge in [-0.05, 0) is 45.0 Å². The van der Waals surface area contributed by atoms with E-state index in [9.17, 15) is 27.6 Å². The first kappa shape index (κ1) is 26.4. The van der Waals surface area contributed by atoms with Crippen molar-refractivity contribution in [2.75, 3.05) is 18.9 Å². The van der Waals surface area contributed by atoms with E-state index in [1.807, 2.05) is 0 Å². The molecule has 0 saturated carbocycles. The molecule has 0 radical (unpaired) electrons. The van der Waals surface area contributed by atoms with Crippen molar-refractivity contribution in [1.29, 1.82) is 0 Å². The van der Waals surface area contributed by atoms with E-state index in [1.54, 1.807) is 20.8 Å². The van der Waals surface area contributed by atoms with Crippen molar-refractivity contribution in [3.63, 3.8) is 0 Å². The van der Waals surface area contributed by atoms with Crippen molar-refractivity contribution in [3.05, 3.63) is 47.9 Å². The third-order valence-electron chi connectivity index (χ3n) is 4.08. The fourth-order valence-electron chi connectivity index (χ4n) is 2.42. The molecule has 0 unspecified atom stereocenters. The molecule has 3 N–H and O–H groups in total. The number of hydrogen-bond donors (Lipinski definition) is 3. The van der Waals surface area contributed by atoms with Crippen LogP contribution in [-0.2, 0) is 15.7 Å². The molecule has 184 valence electrons. The van der Waals surface area contributed by atoms with Gasteiger partial charge in [-0.2, -0.15) is 13.2 Å². The van der Waals surface area contributed by atoms with E-state index >= 15 is 0 Å². The van der Waals surface area contributed by atoms with Gasteiger partial charge in [-0.15, -0.1) is 0 Å². The minimum Gasteiger partial charge on any atom is -0.444 e. The van der Waals surface area contributed by atoms with Crippen LogP contribution in [0.4, 0.5) is 29.5 Å². The van der Waals surface area contributed by atoms with Crippen LogP contribution in [0.15, 0.2) is 36.7 Å². The molecule has 0 atom stereocenters. The van der Waals surface area contributed by atoms with E-state index in [0.717, 1.165) is 12.1 Å². The van der Waals surface area contributed by atoms with E-state index < -0.39 is 35.2 Å². The van der Waals surface area contributed by atoms with Crippen LogP contribution in [0.1, 0.15) is 43.2 Å². The van der Waals surface area contributed by atoms with E-state index in [1.165, 1.54) is 36.5 Å². The summed E-state index contributed by atoms with van der Waals surface area (Å²) in [5.74, 6) is -1.42. The van der Waals surface area contributed by atoms with Gasteiger partial charge in [0.15, 0.2) is 11.5 Å². The Bertz CT molecular complexity index is 1020. The second kappa shape index (κ2) is 10.8. The van der Waals surface area contributed by atoms with E-state index in [0.29, 0.717) is 0 Å². The highest BCUT2D eigenvalue weighted by atomic mass is 19.4. The molecule has 3 amide bonds. The number of alkyl halides is 3. The molecule has 2 aromatic rings. The average Bonchev–Trinajstić information content (AvgIpc) is 2.74. The van der Waals surface area contributed by atoms with Crippen LogP contribution >= 0.6 is 0 Å². The number of anilines is 2. The first-order chi connectivity index (χ1) is 15.8. The lowest BCUT2D eigenvalue weighted by Gasteiger charge is -2.24. The molecule has 0 fully saturated rings. The quantitative estimate of drug-likeness (QED) is 0.540. The highest BCUT2D eigenvalue weighted by Crippen LogP contribution is 2.30. The van der Waals surface area contributed by atoms with Gasteiger partial charge in [0.2, 0.25) is 5.91 Å². The normalized spacial score (nSPS) is 11.4. The second-order valence-electron chi connectivity index (χ2n) is 8.11. The summed E-state index contributed by atoms with van der Waals surface area (Å²) in [6, 6.07) is 4.13. The minimum atomic E-state index is -4.48. The van der Waals surface area contributed by atoms with Crippen LogP contribution in [0.3, 0.4) is 0 Å². The highest BCUT2D eigenvalue weighted by molar-refractivity contribution is 5.98. The summed E-state index contributed by atoms with van der Waals surface area (Å²) in [5.41, 5.74) is 2.93. The Morgan fingerprint density at radius 1 is 1.00 bits per heavy atom. The average molecular weight is 482 g/mol. The number of carbonyl (C=O) groups excluding carboxylic acids is 3. The number of hydrazine groups is 1.